The van der Waals surface area contributed by atoms with E-state index in [0.29, 0.717) is 0 Å². The van der Waals surface area contributed by atoms with Gasteiger partial charge in [0.25, 0.3) is 0 Å². The van der Waals surface area contributed by atoms with Crippen molar-refractivity contribution in [3.05, 3.63) is 40.9 Å². The first-order chi connectivity index (χ1) is 6.77. The summed E-state index contributed by atoms with van der Waals surface area (Å²) in [7, 11) is 0. The number of para-hydroxylation sites is 1. The first kappa shape index (κ1) is 9.83. The Balaban J connectivity index is 0.000000293. The number of aromatic amines is 1. The van der Waals surface area contributed by atoms with Gasteiger partial charge in [-0.1, -0.05) is 18.2 Å². The summed E-state index contributed by atoms with van der Waals surface area (Å²) in [6, 6.07) is 7.53. The molecule has 14 heavy (non-hydrogen) atoms. The largest absolute Gasteiger partial charge is 0.345 e. The van der Waals surface area contributed by atoms with Crippen molar-refractivity contribution < 1.29 is 4.79 Å². The molecule has 0 saturated heterocycles. The second-order valence-corrected chi connectivity index (χ2v) is 2.38. The van der Waals surface area contributed by atoms with Crippen molar-refractivity contribution in [1.82, 2.24) is 9.97 Å². The molecule has 0 unspecified atom stereocenters. The van der Waals surface area contributed by atoms with Gasteiger partial charge in [-0.05, 0) is 6.07 Å². The zero-order chi connectivity index (χ0) is 10.4. The molecule has 0 spiro atoms. The maximum atomic E-state index is 10.7. The Morgan fingerprint density at radius 1 is 1.36 bits per heavy atom. The van der Waals surface area contributed by atoms with Gasteiger partial charge in [-0.25, -0.2) is 20.0 Å². The van der Waals surface area contributed by atoms with E-state index in [-0.39, 0.29) is 5.69 Å². The van der Waals surface area contributed by atoms with E-state index in [2.05, 4.69) is 9.97 Å². The number of hydrogen-bond donors (Lipinski definition) is 2. The Bertz CT molecular complexity index is 512. The number of hydrogen-bond acceptors (Lipinski definition) is 4. The topological polar surface area (TPSA) is 86.7 Å². The molecule has 0 fully saturated rings. The fourth-order valence-electron chi connectivity index (χ4n) is 0.999. The summed E-state index contributed by atoms with van der Waals surface area (Å²) in [4.78, 5) is 25.3. The van der Waals surface area contributed by atoms with Crippen LogP contribution in [0.3, 0.4) is 0 Å². The third-order valence-corrected chi connectivity index (χ3v) is 1.52. The monoisotopic (exact) mass is 189 g/mol. The molecule has 0 aliphatic carbocycles. The molecule has 2 aromatic rings. The number of H-pyrrole nitrogens is 1. The van der Waals surface area contributed by atoms with Crippen molar-refractivity contribution in [3.63, 3.8) is 0 Å². The highest BCUT2D eigenvalue weighted by molar-refractivity contribution is 5.76. The summed E-state index contributed by atoms with van der Waals surface area (Å²) in [5.74, 6) is 0. The van der Waals surface area contributed by atoms with Crippen LogP contribution in [-0.2, 0) is 4.79 Å². The lowest BCUT2D eigenvalue weighted by atomic mass is 10.2. The van der Waals surface area contributed by atoms with E-state index in [1.165, 1.54) is 0 Å². The zero-order valence-electron chi connectivity index (χ0n) is 7.15. The van der Waals surface area contributed by atoms with E-state index < -0.39 is 0 Å². The molecule has 0 aliphatic heterocycles. The normalized spacial score (nSPS) is 8.57. The fraction of sp³-hybridized carbons (Fsp3) is 0. The van der Waals surface area contributed by atoms with Crippen LogP contribution in [0.15, 0.2) is 35.3 Å². The number of fused-ring (bicyclic) bond motifs is 1. The van der Waals surface area contributed by atoms with Gasteiger partial charge in [0.05, 0.1) is 5.52 Å². The van der Waals surface area contributed by atoms with Crippen LogP contribution < -0.4 is 5.69 Å². The van der Waals surface area contributed by atoms with Gasteiger partial charge in [0.2, 0.25) is 6.08 Å². The summed E-state index contributed by atoms with van der Waals surface area (Å²) in [5, 5.41) is 6.35. The molecule has 1 aromatic heterocycles. The van der Waals surface area contributed by atoms with Crippen molar-refractivity contribution in [2.24, 2.45) is 0 Å². The number of nitrogens with one attached hydrogen (secondary N) is 2. The molecule has 2 N–H and O–H groups in total. The molecular formula is C9H7N3O2. The Morgan fingerprint density at radius 3 is 2.71 bits per heavy atom. The third kappa shape index (κ3) is 2.36. The first-order valence-corrected chi connectivity index (χ1v) is 3.76. The van der Waals surface area contributed by atoms with Crippen LogP contribution in [0.4, 0.5) is 0 Å². The lowest BCUT2D eigenvalue weighted by molar-refractivity contribution is 0.563. The van der Waals surface area contributed by atoms with Crippen molar-refractivity contribution in [2.45, 2.75) is 0 Å². The van der Waals surface area contributed by atoms with Crippen LogP contribution in [0.1, 0.15) is 0 Å². The second-order valence-electron chi connectivity index (χ2n) is 2.38. The average Bonchev–Trinajstić information content (AvgIpc) is 2.19. The van der Waals surface area contributed by atoms with Gasteiger partial charge < -0.3 is 4.98 Å². The summed E-state index contributed by atoms with van der Waals surface area (Å²) < 4.78 is 0. The second kappa shape index (κ2) is 4.69. The number of aromatic nitrogens is 2. The minimum Gasteiger partial charge on any atom is -0.305 e. The van der Waals surface area contributed by atoms with Crippen LogP contribution in [0.2, 0.25) is 0 Å². The summed E-state index contributed by atoms with van der Waals surface area (Å²) in [6.45, 7) is 0. The SMILES string of the molecule is N=C=O.O=c1ncc2ccccc2[nH]1. The predicted molar refractivity (Wildman–Crippen MR) is 50.8 cm³/mol. The molecule has 1 aromatic carbocycles. The van der Waals surface area contributed by atoms with Crippen molar-refractivity contribution >= 4 is 17.0 Å². The minimum absolute atomic E-state index is 0.302. The highest BCUT2D eigenvalue weighted by Gasteiger charge is 1.90. The molecule has 1 heterocycles. The smallest absolute Gasteiger partial charge is 0.305 e. The Kier molecular flexibility index (Phi) is 3.29. The van der Waals surface area contributed by atoms with Gasteiger partial charge in [0, 0.05) is 11.6 Å². The molecule has 5 nitrogen and oxygen atoms in total. The third-order valence-electron chi connectivity index (χ3n) is 1.52. The molecule has 0 saturated carbocycles. The molecule has 70 valence electrons. The van der Waals surface area contributed by atoms with E-state index in [9.17, 15) is 4.79 Å². The molecule has 2 rings (SSSR count). The minimum atomic E-state index is -0.302. The maximum Gasteiger partial charge on any atom is 0.345 e. The van der Waals surface area contributed by atoms with E-state index in [4.69, 9.17) is 10.2 Å². The van der Waals surface area contributed by atoms with Crippen molar-refractivity contribution in [3.8, 4) is 0 Å². The molecule has 0 aliphatic rings. The fourth-order valence-corrected chi connectivity index (χ4v) is 0.999. The Hall–Kier alpha value is -2.26. The molecule has 0 amide bonds. The molecular weight excluding hydrogens is 182 g/mol. The molecule has 5 heteroatoms. The van der Waals surface area contributed by atoms with Gasteiger partial charge in [0.15, 0.2) is 0 Å². The number of carbonyl (C=O) groups excluding carboxylic acids is 1. The summed E-state index contributed by atoms with van der Waals surface area (Å²) >= 11 is 0. The van der Waals surface area contributed by atoms with Gasteiger partial charge in [0.1, 0.15) is 0 Å². The zero-order valence-corrected chi connectivity index (χ0v) is 7.15. The maximum absolute atomic E-state index is 10.7. The lowest BCUT2D eigenvalue weighted by Crippen LogP contribution is -2.07. The summed E-state index contributed by atoms with van der Waals surface area (Å²) in [5.41, 5.74) is 0.524. The number of isocyanates is 1. The van der Waals surface area contributed by atoms with Crippen molar-refractivity contribution in [1.29, 1.82) is 5.41 Å². The van der Waals surface area contributed by atoms with Crippen LogP contribution in [0, 0.1) is 5.41 Å². The van der Waals surface area contributed by atoms with Crippen LogP contribution in [-0.4, -0.2) is 16.0 Å². The van der Waals surface area contributed by atoms with E-state index in [1.54, 1.807) is 6.20 Å². The van der Waals surface area contributed by atoms with E-state index in [1.807, 2.05) is 24.3 Å². The van der Waals surface area contributed by atoms with E-state index >= 15 is 0 Å². The molecule has 0 bridgehead atoms. The molecule has 0 atom stereocenters. The highest BCUT2D eigenvalue weighted by Crippen LogP contribution is 2.05. The van der Waals surface area contributed by atoms with Crippen molar-refractivity contribution in [2.75, 3.05) is 0 Å². The predicted octanol–water partition coefficient (Wildman–Crippen LogP) is 0.824. The summed E-state index contributed by atoms with van der Waals surface area (Å²) in [6.07, 6.45) is 2.31. The Labute approximate surface area is 78.9 Å². The van der Waals surface area contributed by atoms with Crippen LogP contribution in [0.5, 0.6) is 0 Å². The van der Waals surface area contributed by atoms with E-state index in [0.717, 1.165) is 17.0 Å². The first-order valence-electron chi connectivity index (χ1n) is 3.76. The van der Waals surface area contributed by atoms with Gasteiger partial charge in [-0.3, -0.25) is 0 Å². The standard InChI is InChI=1S/C8H6N2O.CHNO/c11-8-9-5-6-3-1-2-4-7(6)10-8;2-1-3/h1-5H,(H,9,10,11);2H. The number of rotatable bonds is 0. The van der Waals surface area contributed by atoms with Crippen LogP contribution in [0.25, 0.3) is 10.9 Å². The number of benzene rings is 1. The van der Waals surface area contributed by atoms with Gasteiger partial charge in [-0.2, -0.15) is 0 Å². The Morgan fingerprint density at radius 2 is 2.00 bits per heavy atom. The molecule has 0 radical (unpaired) electrons. The highest BCUT2D eigenvalue weighted by atomic mass is 16.1. The van der Waals surface area contributed by atoms with Gasteiger partial charge >= 0.3 is 5.69 Å². The number of nitrogens with zero attached hydrogens (tertiary/aromatic N) is 1. The average molecular weight is 189 g/mol. The van der Waals surface area contributed by atoms with Gasteiger partial charge in [-0.15, -0.1) is 0 Å². The lowest BCUT2D eigenvalue weighted by Gasteiger charge is -1.92. The quantitative estimate of drug-likeness (QED) is 0.475. The van der Waals surface area contributed by atoms with Crippen LogP contribution >= 0.6 is 0 Å².